The molecule has 0 saturated heterocycles. The molecule has 1 fully saturated rings. The quantitative estimate of drug-likeness (QED) is 0.457. The van der Waals surface area contributed by atoms with Crippen molar-refractivity contribution in [3.05, 3.63) is 59.7 Å². The molecule has 2 aromatic rings. The number of carbonyl (C=O) groups excluding carboxylic acids is 1. The molecule has 2 aromatic carbocycles. The maximum atomic E-state index is 13.4. The van der Waals surface area contributed by atoms with E-state index >= 15 is 0 Å². The van der Waals surface area contributed by atoms with Gasteiger partial charge in [-0.3, -0.25) is 4.79 Å². The van der Waals surface area contributed by atoms with Crippen LogP contribution in [0.2, 0.25) is 0 Å². The van der Waals surface area contributed by atoms with E-state index in [9.17, 15) is 13.2 Å². The summed E-state index contributed by atoms with van der Waals surface area (Å²) in [6.07, 6.45) is 6.01. The second kappa shape index (κ2) is 11.2. The van der Waals surface area contributed by atoms with Crippen LogP contribution >= 0.6 is 0 Å². The van der Waals surface area contributed by atoms with Gasteiger partial charge in [-0.05, 0) is 51.0 Å². The Bertz CT molecular complexity index is 1030. The molecule has 32 heavy (non-hydrogen) atoms. The lowest BCUT2D eigenvalue weighted by atomic mass is 9.95. The summed E-state index contributed by atoms with van der Waals surface area (Å²) >= 11 is 0. The SMILES string of the molecule is CCOc1ccccc1/C=N\NC(=O)CN(C1CCCCC1)S(=O)(=O)c1ccc(C)cc1. The van der Waals surface area contributed by atoms with E-state index in [1.54, 1.807) is 24.3 Å². The Morgan fingerprint density at radius 1 is 1.12 bits per heavy atom. The topological polar surface area (TPSA) is 88.1 Å². The fourth-order valence-corrected chi connectivity index (χ4v) is 5.49. The number of para-hydroxylation sites is 1. The van der Waals surface area contributed by atoms with E-state index in [4.69, 9.17) is 4.74 Å². The summed E-state index contributed by atoms with van der Waals surface area (Å²) < 4.78 is 33.7. The normalized spacial score (nSPS) is 15.2. The maximum Gasteiger partial charge on any atom is 0.255 e. The Morgan fingerprint density at radius 3 is 2.50 bits per heavy atom. The average molecular weight is 458 g/mol. The molecule has 3 rings (SSSR count). The molecule has 1 N–H and O–H groups in total. The molecule has 7 nitrogen and oxygen atoms in total. The second-order valence-electron chi connectivity index (χ2n) is 7.92. The van der Waals surface area contributed by atoms with Crippen LogP contribution in [0, 0.1) is 6.92 Å². The summed E-state index contributed by atoms with van der Waals surface area (Å²) in [6.45, 7) is 4.05. The lowest BCUT2D eigenvalue weighted by Crippen LogP contribution is -2.46. The highest BCUT2D eigenvalue weighted by Crippen LogP contribution is 2.28. The van der Waals surface area contributed by atoms with E-state index in [1.165, 1.54) is 10.5 Å². The minimum Gasteiger partial charge on any atom is -0.493 e. The van der Waals surface area contributed by atoms with Crippen molar-refractivity contribution < 1.29 is 17.9 Å². The molecule has 0 aliphatic heterocycles. The smallest absolute Gasteiger partial charge is 0.255 e. The first-order chi connectivity index (χ1) is 15.4. The van der Waals surface area contributed by atoms with Crippen molar-refractivity contribution in [3.8, 4) is 5.75 Å². The van der Waals surface area contributed by atoms with Gasteiger partial charge in [0.1, 0.15) is 5.75 Å². The van der Waals surface area contributed by atoms with Crippen LogP contribution in [0.15, 0.2) is 58.5 Å². The molecule has 0 heterocycles. The van der Waals surface area contributed by atoms with Gasteiger partial charge in [0.05, 0.1) is 24.3 Å². The van der Waals surface area contributed by atoms with Gasteiger partial charge >= 0.3 is 0 Å². The third-order valence-electron chi connectivity index (χ3n) is 5.52. The summed E-state index contributed by atoms with van der Waals surface area (Å²) in [7, 11) is -3.80. The van der Waals surface area contributed by atoms with E-state index in [0.717, 1.165) is 43.2 Å². The maximum absolute atomic E-state index is 13.4. The molecule has 0 atom stereocenters. The van der Waals surface area contributed by atoms with Crippen molar-refractivity contribution in [2.24, 2.45) is 5.10 Å². The highest BCUT2D eigenvalue weighted by atomic mass is 32.2. The van der Waals surface area contributed by atoms with Crippen LogP contribution in [-0.2, 0) is 14.8 Å². The number of benzene rings is 2. The molecule has 172 valence electrons. The molecule has 1 amide bonds. The van der Waals surface area contributed by atoms with Gasteiger partial charge in [0.25, 0.3) is 5.91 Å². The molecule has 0 bridgehead atoms. The number of amides is 1. The zero-order chi connectivity index (χ0) is 23.0. The van der Waals surface area contributed by atoms with Gasteiger partial charge in [-0.15, -0.1) is 0 Å². The molecule has 0 aromatic heterocycles. The molecule has 1 aliphatic carbocycles. The van der Waals surface area contributed by atoms with E-state index < -0.39 is 15.9 Å². The minimum absolute atomic E-state index is 0.191. The molecule has 1 saturated carbocycles. The largest absolute Gasteiger partial charge is 0.493 e. The summed E-state index contributed by atoms with van der Waals surface area (Å²) in [5, 5.41) is 4.02. The molecular weight excluding hydrogens is 426 g/mol. The van der Waals surface area contributed by atoms with Crippen molar-refractivity contribution in [3.63, 3.8) is 0 Å². The predicted molar refractivity (Wildman–Crippen MR) is 125 cm³/mol. The summed E-state index contributed by atoms with van der Waals surface area (Å²) in [5.41, 5.74) is 4.18. The van der Waals surface area contributed by atoms with E-state index in [0.29, 0.717) is 12.4 Å². The second-order valence-corrected chi connectivity index (χ2v) is 9.81. The molecule has 0 radical (unpaired) electrons. The number of nitrogens with zero attached hydrogens (tertiary/aromatic N) is 2. The Kier molecular flexibility index (Phi) is 8.41. The summed E-state index contributed by atoms with van der Waals surface area (Å²) in [5.74, 6) is 0.190. The van der Waals surface area contributed by atoms with Crippen molar-refractivity contribution in [2.75, 3.05) is 13.2 Å². The van der Waals surface area contributed by atoms with Crippen LogP contribution < -0.4 is 10.2 Å². The molecule has 8 heteroatoms. The summed E-state index contributed by atoms with van der Waals surface area (Å²) in [4.78, 5) is 12.9. The number of hydrazone groups is 1. The van der Waals surface area contributed by atoms with Crippen LogP contribution in [0.4, 0.5) is 0 Å². The van der Waals surface area contributed by atoms with Gasteiger partial charge in [0, 0.05) is 11.6 Å². The third kappa shape index (κ3) is 6.17. The fraction of sp³-hybridized carbons (Fsp3) is 0.417. The number of nitrogens with one attached hydrogen (secondary N) is 1. The zero-order valence-corrected chi connectivity index (χ0v) is 19.5. The number of ether oxygens (including phenoxy) is 1. The van der Waals surface area contributed by atoms with E-state index in [1.807, 2.05) is 38.1 Å². The molecular formula is C24H31N3O4S. The highest BCUT2D eigenvalue weighted by molar-refractivity contribution is 7.89. The van der Waals surface area contributed by atoms with Crippen LogP contribution in [0.3, 0.4) is 0 Å². The van der Waals surface area contributed by atoms with Gasteiger partial charge in [-0.1, -0.05) is 49.1 Å². The van der Waals surface area contributed by atoms with Gasteiger partial charge in [-0.2, -0.15) is 9.41 Å². The van der Waals surface area contributed by atoms with E-state index in [-0.39, 0.29) is 17.5 Å². The minimum atomic E-state index is -3.80. The van der Waals surface area contributed by atoms with Crippen LogP contribution in [0.5, 0.6) is 5.75 Å². The van der Waals surface area contributed by atoms with Gasteiger partial charge < -0.3 is 4.74 Å². The molecule has 0 spiro atoms. The monoisotopic (exact) mass is 457 g/mol. The Morgan fingerprint density at radius 2 is 1.81 bits per heavy atom. The molecule has 0 unspecified atom stereocenters. The first-order valence-corrected chi connectivity index (χ1v) is 12.5. The number of hydrogen-bond donors (Lipinski definition) is 1. The third-order valence-corrected chi connectivity index (χ3v) is 7.43. The standard InChI is InChI=1S/C24H31N3O4S/c1-3-31-23-12-8-7-9-20(23)17-25-26-24(28)18-27(21-10-5-4-6-11-21)32(29,30)22-15-13-19(2)14-16-22/h7-9,12-17,21H,3-6,10-11,18H2,1-2H3,(H,26,28)/b25-17-. The number of aryl methyl sites for hydroxylation is 1. The zero-order valence-electron chi connectivity index (χ0n) is 18.7. The van der Waals surface area contributed by atoms with Crippen molar-refractivity contribution >= 4 is 22.1 Å². The van der Waals surface area contributed by atoms with Crippen molar-refractivity contribution in [2.45, 2.75) is 56.9 Å². The van der Waals surface area contributed by atoms with Crippen molar-refractivity contribution in [1.29, 1.82) is 0 Å². The van der Waals surface area contributed by atoms with Crippen molar-refractivity contribution in [1.82, 2.24) is 9.73 Å². The fourth-order valence-electron chi connectivity index (χ4n) is 3.85. The molecule has 1 aliphatic rings. The van der Waals surface area contributed by atoms with Gasteiger partial charge in [-0.25, -0.2) is 13.8 Å². The number of sulfonamides is 1. The van der Waals surface area contributed by atoms with Gasteiger partial charge in [0.15, 0.2) is 0 Å². The first-order valence-electron chi connectivity index (χ1n) is 11.0. The Hall–Kier alpha value is -2.71. The van der Waals surface area contributed by atoms with Crippen LogP contribution in [0.25, 0.3) is 0 Å². The number of rotatable bonds is 9. The summed E-state index contributed by atoms with van der Waals surface area (Å²) in [6, 6.07) is 13.9. The highest BCUT2D eigenvalue weighted by Gasteiger charge is 2.33. The average Bonchev–Trinajstić information content (AvgIpc) is 2.79. The Balaban J connectivity index is 1.75. The van der Waals surface area contributed by atoms with Gasteiger partial charge in [0.2, 0.25) is 10.0 Å². The number of carbonyl (C=O) groups is 1. The van der Waals surface area contributed by atoms with E-state index in [2.05, 4.69) is 10.5 Å². The van der Waals surface area contributed by atoms with Crippen LogP contribution in [-0.4, -0.2) is 44.0 Å². The lowest BCUT2D eigenvalue weighted by Gasteiger charge is -2.32. The lowest BCUT2D eigenvalue weighted by molar-refractivity contribution is -0.121. The predicted octanol–water partition coefficient (Wildman–Crippen LogP) is 3.87. The Labute approximate surface area is 190 Å². The van der Waals surface area contributed by atoms with Crippen LogP contribution in [0.1, 0.15) is 50.2 Å². The first kappa shape index (κ1) is 23.9. The number of hydrogen-bond acceptors (Lipinski definition) is 5.